The molecule has 2 aliphatic heterocycles. The van der Waals surface area contributed by atoms with E-state index >= 15 is 0 Å². The summed E-state index contributed by atoms with van der Waals surface area (Å²) >= 11 is 0. The van der Waals surface area contributed by atoms with Gasteiger partial charge in [-0.1, -0.05) is 0 Å². The second kappa shape index (κ2) is 19.8. The van der Waals surface area contributed by atoms with Crippen LogP contribution in [0, 0.1) is 0 Å². The van der Waals surface area contributed by atoms with Gasteiger partial charge in [-0.25, -0.2) is 0 Å². The van der Waals surface area contributed by atoms with Crippen molar-refractivity contribution in [3.63, 3.8) is 0 Å². The van der Waals surface area contributed by atoms with E-state index in [4.69, 9.17) is 52.8 Å². The monoisotopic (exact) mass is 482 g/mol. The quantitative estimate of drug-likeness (QED) is 0.161. The smallest absolute Gasteiger partial charge is 0.186 e. The van der Waals surface area contributed by atoms with Crippen LogP contribution in [0.5, 0.6) is 0 Å². The molecular weight excluding hydrogens is 440 g/mol. The molecule has 0 aromatic heterocycles. The van der Waals surface area contributed by atoms with Crippen LogP contribution in [-0.2, 0) is 42.6 Å². The van der Waals surface area contributed by atoms with Gasteiger partial charge in [-0.3, -0.25) is 0 Å². The van der Waals surface area contributed by atoms with Crippen LogP contribution in [0.15, 0.2) is 0 Å². The van der Waals surface area contributed by atoms with Crippen molar-refractivity contribution in [2.45, 2.75) is 50.5 Å². The Bertz CT molecular complexity index is 393. The second-order valence-electron chi connectivity index (χ2n) is 7.61. The van der Waals surface area contributed by atoms with Gasteiger partial charge in [0.2, 0.25) is 0 Å². The molecule has 2 saturated heterocycles. The summed E-state index contributed by atoms with van der Waals surface area (Å²) in [5.41, 5.74) is 0. The molecule has 2 N–H and O–H groups in total. The molecule has 11 heteroatoms. The molecule has 0 radical (unpaired) electrons. The summed E-state index contributed by atoms with van der Waals surface area (Å²) in [5, 5.41) is 17.4. The first-order valence-corrected chi connectivity index (χ1v) is 12.0. The van der Waals surface area contributed by atoms with Crippen molar-refractivity contribution in [2.75, 3.05) is 92.5 Å². The van der Waals surface area contributed by atoms with Crippen LogP contribution in [-0.4, -0.2) is 127 Å². The molecule has 4 atom stereocenters. The topological polar surface area (TPSA) is 124 Å². The Morgan fingerprint density at radius 1 is 0.576 bits per heavy atom. The molecule has 0 saturated carbocycles. The molecule has 0 amide bonds. The van der Waals surface area contributed by atoms with Crippen molar-refractivity contribution >= 4 is 0 Å². The molecule has 33 heavy (non-hydrogen) atoms. The van der Waals surface area contributed by atoms with Gasteiger partial charge < -0.3 is 52.8 Å². The molecule has 0 bridgehead atoms. The molecule has 196 valence electrons. The van der Waals surface area contributed by atoms with Crippen LogP contribution < -0.4 is 0 Å². The van der Waals surface area contributed by atoms with E-state index in [1.54, 1.807) is 0 Å². The first-order chi connectivity index (χ1) is 16.3. The first kappa shape index (κ1) is 28.8. The molecule has 2 heterocycles. The van der Waals surface area contributed by atoms with E-state index in [0.717, 1.165) is 25.7 Å². The van der Waals surface area contributed by atoms with Crippen LogP contribution in [0.1, 0.15) is 25.7 Å². The third-order valence-electron chi connectivity index (χ3n) is 5.04. The zero-order chi connectivity index (χ0) is 23.4. The number of hydrogen-bond donors (Lipinski definition) is 2. The molecule has 4 unspecified atom stereocenters. The van der Waals surface area contributed by atoms with Crippen LogP contribution >= 0.6 is 0 Å². The average Bonchev–Trinajstić information content (AvgIpc) is 3.55. The first-order valence-electron chi connectivity index (χ1n) is 12.0. The lowest BCUT2D eigenvalue weighted by Gasteiger charge is -2.31. The van der Waals surface area contributed by atoms with Crippen molar-refractivity contribution in [2.24, 2.45) is 0 Å². The maximum Gasteiger partial charge on any atom is 0.186 e. The number of ether oxygens (including phenoxy) is 9. The van der Waals surface area contributed by atoms with Gasteiger partial charge in [-0.05, 0) is 25.7 Å². The van der Waals surface area contributed by atoms with E-state index in [-0.39, 0.29) is 25.4 Å². The number of aliphatic hydroxyl groups is 2. The fourth-order valence-corrected chi connectivity index (χ4v) is 3.45. The summed E-state index contributed by atoms with van der Waals surface area (Å²) in [5.74, 6) is 0. The Morgan fingerprint density at radius 2 is 0.970 bits per heavy atom. The second-order valence-corrected chi connectivity index (χ2v) is 7.61. The van der Waals surface area contributed by atoms with E-state index in [0.29, 0.717) is 79.3 Å². The Hall–Kier alpha value is -0.440. The molecule has 0 aliphatic carbocycles. The highest BCUT2D eigenvalue weighted by molar-refractivity contribution is 4.74. The summed E-state index contributed by atoms with van der Waals surface area (Å²) in [6, 6.07) is 0. The Labute approximate surface area is 196 Å². The van der Waals surface area contributed by atoms with Gasteiger partial charge in [0.05, 0.1) is 79.3 Å². The minimum absolute atomic E-state index is 0.00261. The van der Waals surface area contributed by atoms with Crippen molar-refractivity contribution in [1.29, 1.82) is 0 Å². The van der Waals surface area contributed by atoms with Crippen LogP contribution in [0.2, 0.25) is 0 Å². The highest BCUT2D eigenvalue weighted by Gasteiger charge is 2.35. The van der Waals surface area contributed by atoms with E-state index in [2.05, 4.69) is 0 Å². The van der Waals surface area contributed by atoms with E-state index in [9.17, 15) is 0 Å². The van der Waals surface area contributed by atoms with Crippen molar-refractivity contribution in [1.82, 2.24) is 0 Å². The van der Waals surface area contributed by atoms with Crippen molar-refractivity contribution < 1.29 is 52.8 Å². The predicted octanol–water partition coefficient (Wildman–Crippen LogP) is 0.0974. The fraction of sp³-hybridized carbons (Fsp3) is 1.00. The number of hydrogen-bond acceptors (Lipinski definition) is 11. The summed E-state index contributed by atoms with van der Waals surface area (Å²) < 4.78 is 51.1. The predicted molar refractivity (Wildman–Crippen MR) is 116 cm³/mol. The molecule has 0 aromatic rings. The average molecular weight is 483 g/mol. The fourth-order valence-electron chi connectivity index (χ4n) is 3.45. The molecule has 11 nitrogen and oxygen atoms in total. The Morgan fingerprint density at radius 3 is 1.33 bits per heavy atom. The van der Waals surface area contributed by atoms with Gasteiger partial charge in [0.15, 0.2) is 12.6 Å². The summed E-state index contributed by atoms with van der Waals surface area (Å²) in [6.45, 7) is 5.19. The van der Waals surface area contributed by atoms with Crippen LogP contribution in [0.3, 0.4) is 0 Å². The van der Waals surface area contributed by atoms with E-state index in [1.165, 1.54) is 0 Å². The van der Waals surface area contributed by atoms with Gasteiger partial charge in [0, 0.05) is 13.2 Å². The Balaban J connectivity index is 1.71. The highest BCUT2D eigenvalue weighted by Crippen LogP contribution is 2.25. The lowest BCUT2D eigenvalue weighted by molar-refractivity contribution is -0.298. The van der Waals surface area contributed by atoms with Gasteiger partial charge in [-0.15, -0.1) is 0 Å². The molecular formula is C22H42O11. The normalized spacial score (nSPS) is 22.7. The standard InChI is InChI=1S/C22H42O11/c23-5-9-25-11-13-27-15-17-31-21(19-3-1-7-29-19)33-22(20-4-2-8-30-20)32-18-16-28-14-12-26-10-6-24/h19-24H,1-18H2. The number of aliphatic hydroxyl groups excluding tert-OH is 2. The molecule has 2 fully saturated rings. The van der Waals surface area contributed by atoms with Gasteiger partial charge in [0.25, 0.3) is 0 Å². The lowest BCUT2D eigenvalue weighted by Crippen LogP contribution is -2.42. The molecule has 2 aliphatic rings. The molecule has 2 rings (SSSR count). The Kier molecular flexibility index (Phi) is 17.3. The zero-order valence-corrected chi connectivity index (χ0v) is 19.6. The minimum Gasteiger partial charge on any atom is -0.394 e. The van der Waals surface area contributed by atoms with Gasteiger partial charge >= 0.3 is 0 Å². The molecule has 0 spiro atoms. The third-order valence-corrected chi connectivity index (χ3v) is 5.04. The van der Waals surface area contributed by atoms with E-state index < -0.39 is 12.6 Å². The van der Waals surface area contributed by atoms with Crippen molar-refractivity contribution in [3.8, 4) is 0 Å². The lowest BCUT2D eigenvalue weighted by atomic mass is 10.2. The summed E-state index contributed by atoms with van der Waals surface area (Å²) in [6.07, 6.45) is 2.16. The maximum atomic E-state index is 8.69. The van der Waals surface area contributed by atoms with Crippen molar-refractivity contribution in [3.05, 3.63) is 0 Å². The number of rotatable bonds is 22. The minimum atomic E-state index is -0.580. The molecule has 0 aromatic carbocycles. The van der Waals surface area contributed by atoms with Gasteiger partial charge in [-0.2, -0.15) is 0 Å². The summed E-state index contributed by atoms with van der Waals surface area (Å²) in [7, 11) is 0. The van der Waals surface area contributed by atoms with Crippen LogP contribution in [0.4, 0.5) is 0 Å². The SMILES string of the molecule is OCCOCCOCCOC(OC(OCCOCCOCCO)C1CCCO1)C1CCCO1. The highest BCUT2D eigenvalue weighted by atomic mass is 16.8. The van der Waals surface area contributed by atoms with Crippen LogP contribution in [0.25, 0.3) is 0 Å². The van der Waals surface area contributed by atoms with E-state index in [1.807, 2.05) is 0 Å². The maximum absolute atomic E-state index is 8.69. The van der Waals surface area contributed by atoms with Gasteiger partial charge in [0.1, 0.15) is 12.2 Å². The zero-order valence-electron chi connectivity index (χ0n) is 19.6. The summed E-state index contributed by atoms with van der Waals surface area (Å²) in [4.78, 5) is 0. The third kappa shape index (κ3) is 13.3. The largest absolute Gasteiger partial charge is 0.394 e.